The number of phenolic OH excluding ortho intramolecular Hbond substituents is 1. The van der Waals surface area contributed by atoms with Crippen LogP contribution in [0, 0.1) is 11.8 Å². The highest BCUT2D eigenvalue weighted by Gasteiger charge is 2.59. The fourth-order valence-corrected chi connectivity index (χ4v) is 6.80. The Bertz CT molecular complexity index is 1410. The molecule has 4 aliphatic rings. The summed E-state index contributed by atoms with van der Waals surface area (Å²) in [5, 5.41) is 47.1. The smallest absolute Gasteiger partial charge is 0.255 e. The van der Waals surface area contributed by atoms with Crippen LogP contribution in [0.3, 0.4) is 0 Å². The molecule has 0 bridgehead atoms. The van der Waals surface area contributed by atoms with Gasteiger partial charge in [0.15, 0.2) is 11.4 Å². The summed E-state index contributed by atoms with van der Waals surface area (Å²) in [5.41, 5.74) is 3.00. The molecule has 0 unspecified atom stereocenters. The molecule has 1 aliphatic heterocycles. The minimum Gasteiger partial charge on any atom is -0.511 e. The van der Waals surface area contributed by atoms with E-state index in [9.17, 15) is 39.6 Å². The molecule has 1 heterocycles. The Morgan fingerprint density at radius 2 is 1.90 bits per heavy atom. The van der Waals surface area contributed by atoms with E-state index >= 15 is 0 Å². The molecule has 1 aromatic rings. The molecule has 1 fully saturated rings. The van der Waals surface area contributed by atoms with Crippen LogP contribution in [0.25, 0.3) is 0 Å². The summed E-state index contributed by atoms with van der Waals surface area (Å²) in [6, 6.07) is 1.44. The van der Waals surface area contributed by atoms with Crippen molar-refractivity contribution in [3.63, 3.8) is 0 Å². The predicted octanol–water partition coefficient (Wildman–Crippen LogP) is 0.357. The van der Waals surface area contributed by atoms with Crippen molar-refractivity contribution < 1.29 is 39.6 Å². The topological polar surface area (TPSA) is 194 Å². The first-order valence-electron chi connectivity index (χ1n) is 13.3. The average molecular weight is 555 g/mol. The van der Waals surface area contributed by atoms with Gasteiger partial charge in [0.25, 0.3) is 5.91 Å². The molecule has 12 nitrogen and oxygen atoms in total. The molecule has 0 radical (unpaired) electrons. The molecule has 4 atom stereocenters. The van der Waals surface area contributed by atoms with Gasteiger partial charge in [0, 0.05) is 49.8 Å². The lowest BCUT2D eigenvalue weighted by Crippen LogP contribution is -2.57. The van der Waals surface area contributed by atoms with Crippen molar-refractivity contribution in [2.75, 3.05) is 32.6 Å². The zero-order chi connectivity index (χ0) is 29.3. The van der Waals surface area contributed by atoms with E-state index in [2.05, 4.69) is 5.32 Å². The van der Waals surface area contributed by atoms with Crippen LogP contribution in [0.2, 0.25) is 0 Å². The maximum Gasteiger partial charge on any atom is 0.255 e. The third-order valence-electron chi connectivity index (χ3n) is 8.88. The van der Waals surface area contributed by atoms with Crippen LogP contribution in [0.4, 0.5) is 5.69 Å². The summed E-state index contributed by atoms with van der Waals surface area (Å²) in [5.74, 6) is -6.89. The standard InChI is InChI=1S/C28H34N4O8/c1-31(2)17-9-13(11-30-27(39)16-5-4-6-32(16)3)22(34)20-15(17)8-12-7-14-10-18(33)21(26(29)38)25(37)28(14,40)24(36)19(12)23(20)35/h9,12,14,16,33-34,36,40H,4-8,10-11H2,1-3H3,(H2,29,38)(H,30,39)/t12-,14+,16+,28+/m1/s1. The number of nitrogens with one attached hydrogen (secondary N) is 1. The van der Waals surface area contributed by atoms with E-state index in [1.165, 1.54) is 0 Å². The average Bonchev–Trinajstić information content (AvgIpc) is 3.31. The lowest BCUT2D eigenvalue weighted by Gasteiger charge is -2.46. The highest BCUT2D eigenvalue weighted by molar-refractivity contribution is 6.24. The number of rotatable bonds is 5. The molecule has 5 rings (SSSR count). The van der Waals surface area contributed by atoms with E-state index in [0.29, 0.717) is 16.8 Å². The van der Waals surface area contributed by atoms with Crippen LogP contribution < -0.4 is 16.0 Å². The van der Waals surface area contributed by atoms with Crippen molar-refractivity contribution in [2.45, 2.75) is 50.3 Å². The minimum atomic E-state index is -2.62. The highest BCUT2D eigenvalue weighted by Crippen LogP contribution is 2.52. The first-order valence-corrected chi connectivity index (χ1v) is 13.3. The van der Waals surface area contributed by atoms with Gasteiger partial charge in [-0.25, -0.2) is 0 Å². The number of carbonyl (C=O) groups is 4. The van der Waals surface area contributed by atoms with Crippen LogP contribution in [0.5, 0.6) is 5.75 Å². The number of amides is 2. The van der Waals surface area contributed by atoms with Gasteiger partial charge in [-0.05, 0) is 56.8 Å². The SMILES string of the molecule is CN(C)c1cc(CNC(=O)[C@@H]2CCCN2C)c(O)c2c1C[C@H]1C[C@H]3CC(O)=C(C(N)=O)C(=O)[C@@]3(O)C(O)=C1C2=O. The summed E-state index contributed by atoms with van der Waals surface area (Å²) in [4.78, 5) is 55.4. The maximum absolute atomic E-state index is 13.9. The fourth-order valence-electron chi connectivity index (χ4n) is 6.80. The molecule has 40 heavy (non-hydrogen) atoms. The van der Waals surface area contributed by atoms with Gasteiger partial charge in [0.1, 0.15) is 22.8 Å². The van der Waals surface area contributed by atoms with Crippen LogP contribution in [-0.2, 0) is 27.3 Å². The fraction of sp³-hybridized carbons (Fsp3) is 0.500. The number of anilines is 1. The van der Waals surface area contributed by atoms with Crippen LogP contribution >= 0.6 is 0 Å². The Balaban J connectivity index is 1.56. The molecule has 3 aliphatic carbocycles. The number of aliphatic hydroxyl groups excluding tert-OH is 2. The number of aromatic hydroxyl groups is 1. The van der Waals surface area contributed by atoms with E-state index in [1.807, 2.05) is 11.9 Å². The Hall–Kier alpha value is -3.90. The number of ketones is 2. The second-order valence-electron chi connectivity index (χ2n) is 11.4. The van der Waals surface area contributed by atoms with Crippen molar-refractivity contribution in [2.24, 2.45) is 17.6 Å². The van der Waals surface area contributed by atoms with Crippen LogP contribution in [0.1, 0.15) is 47.2 Å². The number of carbonyl (C=O) groups excluding carboxylic acids is 4. The van der Waals surface area contributed by atoms with Gasteiger partial charge in [-0.1, -0.05) is 0 Å². The normalized spacial score (nSPS) is 28.2. The molecule has 214 valence electrons. The van der Waals surface area contributed by atoms with Crippen molar-refractivity contribution in [3.8, 4) is 5.75 Å². The van der Waals surface area contributed by atoms with Crippen LogP contribution in [-0.4, -0.2) is 88.0 Å². The maximum atomic E-state index is 13.9. The first kappa shape index (κ1) is 27.7. The van der Waals surface area contributed by atoms with Crippen molar-refractivity contribution in [1.29, 1.82) is 0 Å². The van der Waals surface area contributed by atoms with E-state index in [0.717, 1.165) is 19.4 Å². The van der Waals surface area contributed by atoms with Gasteiger partial charge < -0.3 is 36.4 Å². The van der Waals surface area contributed by atoms with Gasteiger partial charge >= 0.3 is 0 Å². The predicted molar refractivity (Wildman–Crippen MR) is 143 cm³/mol. The summed E-state index contributed by atoms with van der Waals surface area (Å²) in [6.07, 6.45) is 1.61. The van der Waals surface area contributed by atoms with Gasteiger partial charge in [-0.3, -0.25) is 24.1 Å². The number of benzene rings is 1. The van der Waals surface area contributed by atoms with E-state index in [-0.39, 0.29) is 54.6 Å². The molecule has 0 saturated carbocycles. The zero-order valence-electron chi connectivity index (χ0n) is 22.7. The Morgan fingerprint density at radius 1 is 1.20 bits per heavy atom. The second-order valence-corrected chi connectivity index (χ2v) is 11.4. The van der Waals surface area contributed by atoms with Gasteiger partial charge in [-0.15, -0.1) is 0 Å². The van der Waals surface area contributed by atoms with Crippen molar-refractivity contribution in [1.82, 2.24) is 10.2 Å². The molecule has 2 amide bonds. The van der Waals surface area contributed by atoms with E-state index in [1.54, 1.807) is 25.1 Å². The number of nitrogens with two attached hydrogens (primary N) is 1. The van der Waals surface area contributed by atoms with Crippen molar-refractivity contribution >= 4 is 29.1 Å². The number of primary amides is 1. The third-order valence-corrected chi connectivity index (χ3v) is 8.88. The number of aliphatic hydroxyl groups is 3. The van der Waals surface area contributed by atoms with Gasteiger partial charge in [0.2, 0.25) is 11.7 Å². The van der Waals surface area contributed by atoms with Gasteiger partial charge in [0.05, 0.1) is 11.6 Å². The number of Topliss-reactive ketones (excluding diaryl/α,β-unsaturated/α-hetero) is 2. The summed E-state index contributed by atoms with van der Waals surface area (Å²) < 4.78 is 0. The number of nitrogens with zero attached hydrogens (tertiary/aromatic N) is 2. The highest BCUT2D eigenvalue weighted by atomic mass is 16.3. The molecule has 1 aromatic carbocycles. The minimum absolute atomic E-state index is 0.0403. The van der Waals surface area contributed by atoms with E-state index in [4.69, 9.17) is 5.73 Å². The number of hydrogen-bond acceptors (Lipinski definition) is 10. The number of hydrogen-bond donors (Lipinski definition) is 6. The number of allylic oxidation sites excluding steroid dienone is 2. The van der Waals surface area contributed by atoms with E-state index < -0.39 is 52.0 Å². The Kier molecular flexibility index (Phi) is 6.66. The summed E-state index contributed by atoms with van der Waals surface area (Å²) in [7, 11) is 5.43. The molecule has 0 spiro atoms. The Labute approximate surface area is 230 Å². The summed E-state index contributed by atoms with van der Waals surface area (Å²) in [6.45, 7) is 0.773. The lowest BCUT2D eigenvalue weighted by atomic mass is 9.60. The number of fused-ring (bicyclic) bond motifs is 3. The Morgan fingerprint density at radius 3 is 2.50 bits per heavy atom. The lowest BCUT2D eigenvalue weighted by molar-refractivity contribution is -0.144. The molecule has 0 aromatic heterocycles. The molecular formula is C28H34N4O8. The first-order chi connectivity index (χ1) is 18.8. The summed E-state index contributed by atoms with van der Waals surface area (Å²) >= 11 is 0. The molecule has 7 N–H and O–H groups in total. The molecule has 1 saturated heterocycles. The monoisotopic (exact) mass is 554 g/mol. The van der Waals surface area contributed by atoms with Crippen molar-refractivity contribution in [3.05, 3.63) is 45.4 Å². The van der Waals surface area contributed by atoms with Gasteiger partial charge in [-0.2, -0.15) is 0 Å². The zero-order valence-corrected chi connectivity index (χ0v) is 22.7. The molecule has 12 heteroatoms. The van der Waals surface area contributed by atoms with Crippen LogP contribution in [0.15, 0.2) is 28.7 Å². The number of phenols is 1. The number of likely N-dealkylation sites (tertiary alicyclic amines) is 1. The largest absolute Gasteiger partial charge is 0.511 e. The number of likely N-dealkylation sites (N-methyl/N-ethyl adjacent to an activating group) is 1. The quantitative estimate of drug-likeness (QED) is 0.277. The second kappa shape index (κ2) is 9.63. The molecular weight excluding hydrogens is 520 g/mol. The third kappa shape index (κ3) is 3.96.